The first-order chi connectivity index (χ1) is 10.6. The molecule has 22 heavy (non-hydrogen) atoms. The zero-order valence-corrected chi connectivity index (χ0v) is 13.2. The van der Waals surface area contributed by atoms with Crippen molar-refractivity contribution < 1.29 is 9.59 Å². The van der Waals surface area contributed by atoms with E-state index in [4.69, 9.17) is 0 Å². The molecule has 1 N–H and O–H groups in total. The Morgan fingerprint density at radius 3 is 2.41 bits per heavy atom. The van der Waals surface area contributed by atoms with Gasteiger partial charge in [0.25, 0.3) is 0 Å². The van der Waals surface area contributed by atoms with Crippen LogP contribution in [0.1, 0.15) is 36.8 Å². The molecule has 0 spiro atoms. The Morgan fingerprint density at radius 2 is 1.77 bits per heavy atom. The maximum absolute atomic E-state index is 12.3. The topological polar surface area (TPSA) is 49.4 Å². The fourth-order valence-corrected chi connectivity index (χ4v) is 3.09. The normalized spacial score (nSPS) is 19.0. The molecule has 1 saturated heterocycles. The average Bonchev–Trinajstić information content (AvgIpc) is 3.38. The number of nitrogens with one attached hydrogen (secondary N) is 1. The number of rotatable bonds is 4. The number of nitrogens with zero attached hydrogens (tertiary/aromatic N) is 1. The van der Waals surface area contributed by atoms with Gasteiger partial charge in [-0.3, -0.25) is 9.59 Å². The second kappa shape index (κ2) is 6.51. The summed E-state index contributed by atoms with van der Waals surface area (Å²) in [6.45, 7) is 4.12. The van der Waals surface area contributed by atoms with E-state index in [2.05, 4.69) is 18.3 Å². The molecule has 2 amide bonds. The molecule has 2 fully saturated rings. The number of carbonyl (C=O) groups excluding carboxylic acids is 2. The Balaban J connectivity index is 1.45. The van der Waals surface area contributed by atoms with Crippen LogP contribution in [0.3, 0.4) is 0 Å². The Morgan fingerprint density at radius 1 is 1.09 bits per heavy atom. The molecule has 1 aliphatic heterocycles. The fraction of sp³-hybridized carbons (Fsp3) is 0.556. The van der Waals surface area contributed by atoms with E-state index in [1.165, 1.54) is 5.56 Å². The van der Waals surface area contributed by atoms with Crippen LogP contribution in [0.15, 0.2) is 24.3 Å². The zero-order chi connectivity index (χ0) is 15.5. The van der Waals surface area contributed by atoms with Gasteiger partial charge < -0.3 is 10.2 Å². The maximum atomic E-state index is 12.3. The van der Waals surface area contributed by atoms with Gasteiger partial charge in [-0.2, -0.15) is 0 Å². The van der Waals surface area contributed by atoms with Crippen LogP contribution in [0.2, 0.25) is 0 Å². The molecule has 3 rings (SSSR count). The number of aryl methyl sites for hydroxylation is 1. The predicted molar refractivity (Wildman–Crippen MR) is 85.1 cm³/mol. The predicted octanol–water partition coefficient (Wildman–Crippen LogP) is 2.26. The molecule has 118 valence electrons. The van der Waals surface area contributed by atoms with Gasteiger partial charge in [0.05, 0.1) is 0 Å². The van der Waals surface area contributed by atoms with Crippen molar-refractivity contribution in [2.24, 2.45) is 11.8 Å². The highest BCUT2D eigenvalue weighted by Gasteiger charge is 2.35. The van der Waals surface area contributed by atoms with Crippen molar-refractivity contribution >= 4 is 11.8 Å². The first kappa shape index (κ1) is 15.1. The Hall–Kier alpha value is -1.84. The number of carbonyl (C=O) groups is 2. The average molecular weight is 300 g/mol. The second-order valence-electron chi connectivity index (χ2n) is 6.52. The molecule has 2 aliphatic rings. The summed E-state index contributed by atoms with van der Waals surface area (Å²) in [6.07, 6.45) is 3.68. The van der Waals surface area contributed by atoms with E-state index < -0.39 is 0 Å². The fourth-order valence-electron chi connectivity index (χ4n) is 3.09. The molecule has 1 heterocycles. The van der Waals surface area contributed by atoms with Crippen LogP contribution in [0, 0.1) is 18.8 Å². The van der Waals surface area contributed by atoms with Gasteiger partial charge in [-0.05, 0) is 43.7 Å². The molecular formula is C18H24N2O2. The zero-order valence-electron chi connectivity index (χ0n) is 13.2. The molecule has 1 aromatic carbocycles. The summed E-state index contributed by atoms with van der Waals surface area (Å²) in [5.41, 5.74) is 2.37. The van der Waals surface area contributed by atoms with Crippen LogP contribution < -0.4 is 5.32 Å². The summed E-state index contributed by atoms with van der Waals surface area (Å²) in [5, 5.41) is 3.05. The lowest BCUT2D eigenvalue weighted by atomic mass is 9.95. The van der Waals surface area contributed by atoms with Crippen LogP contribution in [0.5, 0.6) is 0 Å². The number of hydrogen-bond acceptors (Lipinski definition) is 2. The number of benzene rings is 1. The molecule has 0 radical (unpaired) electrons. The van der Waals surface area contributed by atoms with Gasteiger partial charge in [0.15, 0.2) is 0 Å². The highest BCUT2D eigenvalue weighted by Crippen LogP contribution is 2.32. The first-order valence-corrected chi connectivity index (χ1v) is 8.26. The van der Waals surface area contributed by atoms with Gasteiger partial charge in [-0.25, -0.2) is 0 Å². The van der Waals surface area contributed by atoms with E-state index in [-0.39, 0.29) is 17.7 Å². The van der Waals surface area contributed by atoms with Crippen LogP contribution in [0.4, 0.5) is 0 Å². The summed E-state index contributed by atoms with van der Waals surface area (Å²) in [5.74, 6) is 0.763. The molecule has 0 unspecified atom stereocenters. The Labute approximate surface area is 131 Å². The van der Waals surface area contributed by atoms with Crippen LogP contribution >= 0.6 is 0 Å². The Kier molecular flexibility index (Phi) is 4.46. The lowest BCUT2D eigenvalue weighted by Crippen LogP contribution is -2.43. The number of likely N-dealkylation sites (tertiary alicyclic amines) is 1. The Bertz CT molecular complexity index is 558. The van der Waals surface area contributed by atoms with Crippen LogP contribution in [0.25, 0.3) is 0 Å². The molecule has 0 atom stereocenters. The summed E-state index contributed by atoms with van der Waals surface area (Å²) in [4.78, 5) is 26.2. The smallest absolute Gasteiger partial charge is 0.225 e. The standard InChI is InChI=1S/C18H24N2O2/c1-13-4-2-3-5-16(13)12-19-17(21)14-8-10-20(11-9-14)18(22)15-6-7-15/h2-5,14-15H,6-12H2,1H3,(H,19,21). The van der Waals surface area contributed by atoms with E-state index in [0.717, 1.165) is 44.3 Å². The van der Waals surface area contributed by atoms with Crippen molar-refractivity contribution in [2.75, 3.05) is 13.1 Å². The number of hydrogen-bond donors (Lipinski definition) is 1. The van der Waals surface area contributed by atoms with Crippen LogP contribution in [-0.4, -0.2) is 29.8 Å². The third-order valence-corrected chi connectivity index (χ3v) is 4.82. The van der Waals surface area contributed by atoms with Crippen molar-refractivity contribution in [2.45, 2.75) is 39.2 Å². The molecule has 0 bridgehead atoms. The molecular weight excluding hydrogens is 276 g/mol. The van der Waals surface area contributed by atoms with E-state index in [0.29, 0.717) is 12.5 Å². The van der Waals surface area contributed by atoms with E-state index in [1.54, 1.807) is 0 Å². The van der Waals surface area contributed by atoms with E-state index in [9.17, 15) is 9.59 Å². The molecule has 4 heteroatoms. The SMILES string of the molecule is Cc1ccccc1CNC(=O)C1CCN(C(=O)C2CC2)CC1. The third kappa shape index (κ3) is 3.49. The highest BCUT2D eigenvalue weighted by molar-refractivity contribution is 5.82. The van der Waals surface area contributed by atoms with Crippen molar-refractivity contribution in [3.05, 3.63) is 35.4 Å². The quantitative estimate of drug-likeness (QED) is 0.927. The highest BCUT2D eigenvalue weighted by atomic mass is 16.2. The van der Waals surface area contributed by atoms with Gasteiger partial charge in [-0.15, -0.1) is 0 Å². The minimum atomic E-state index is 0.0484. The second-order valence-corrected chi connectivity index (χ2v) is 6.52. The first-order valence-electron chi connectivity index (χ1n) is 8.26. The molecule has 1 aliphatic carbocycles. The van der Waals surface area contributed by atoms with Crippen molar-refractivity contribution in [3.63, 3.8) is 0 Å². The molecule has 1 saturated carbocycles. The lowest BCUT2D eigenvalue weighted by Gasteiger charge is -2.31. The molecule has 1 aromatic rings. The van der Waals surface area contributed by atoms with E-state index >= 15 is 0 Å². The van der Waals surface area contributed by atoms with Crippen molar-refractivity contribution in [1.82, 2.24) is 10.2 Å². The summed E-state index contributed by atoms with van der Waals surface area (Å²) >= 11 is 0. The van der Waals surface area contributed by atoms with Gasteiger partial charge >= 0.3 is 0 Å². The van der Waals surface area contributed by atoms with Crippen molar-refractivity contribution in [3.8, 4) is 0 Å². The third-order valence-electron chi connectivity index (χ3n) is 4.82. The summed E-state index contributed by atoms with van der Waals surface area (Å²) < 4.78 is 0. The van der Waals surface area contributed by atoms with Gasteiger partial charge in [0.1, 0.15) is 0 Å². The van der Waals surface area contributed by atoms with Gasteiger partial charge in [0, 0.05) is 31.5 Å². The summed E-state index contributed by atoms with van der Waals surface area (Å²) in [6, 6.07) is 8.11. The van der Waals surface area contributed by atoms with E-state index in [1.807, 2.05) is 23.1 Å². The molecule has 4 nitrogen and oxygen atoms in total. The van der Waals surface area contributed by atoms with Crippen LogP contribution in [-0.2, 0) is 16.1 Å². The minimum absolute atomic E-state index is 0.0484. The number of piperidine rings is 1. The van der Waals surface area contributed by atoms with Gasteiger partial charge in [0.2, 0.25) is 11.8 Å². The minimum Gasteiger partial charge on any atom is -0.352 e. The monoisotopic (exact) mass is 300 g/mol. The van der Waals surface area contributed by atoms with Crippen molar-refractivity contribution in [1.29, 1.82) is 0 Å². The molecule has 0 aromatic heterocycles. The maximum Gasteiger partial charge on any atom is 0.225 e. The largest absolute Gasteiger partial charge is 0.352 e. The number of amides is 2. The van der Waals surface area contributed by atoms with Gasteiger partial charge in [-0.1, -0.05) is 24.3 Å². The lowest BCUT2D eigenvalue weighted by molar-refractivity contribution is -0.136. The summed E-state index contributed by atoms with van der Waals surface area (Å²) in [7, 11) is 0.